The van der Waals surface area contributed by atoms with Gasteiger partial charge in [0.15, 0.2) is 5.96 Å². The van der Waals surface area contributed by atoms with E-state index in [-0.39, 0.29) is 30.8 Å². The Balaban J connectivity index is 3.01. The van der Waals surface area contributed by atoms with Gasteiger partial charge in [-0.15, -0.1) is 0 Å². The first-order valence-corrected chi connectivity index (χ1v) is 11.3. The van der Waals surface area contributed by atoms with Gasteiger partial charge in [0.2, 0.25) is 17.7 Å². The predicted octanol–water partition coefficient (Wildman–Crippen LogP) is -1.28. The molecule has 1 aliphatic heterocycles. The highest BCUT2D eigenvalue weighted by Crippen LogP contribution is 2.20. The number of carbonyl (C=O) groups is 4. The van der Waals surface area contributed by atoms with E-state index in [9.17, 15) is 24.3 Å². The second-order valence-corrected chi connectivity index (χ2v) is 9.04. The Hall–Kier alpha value is -2.89. The molecule has 0 aromatic carbocycles. The summed E-state index contributed by atoms with van der Waals surface area (Å²) in [6, 6.07) is -3.61. The Morgan fingerprint density at radius 3 is 2.21 bits per heavy atom. The van der Waals surface area contributed by atoms with Gasteiger partial charge in [0.25, 0.3) is 0 Å². The number of amides is 3. The Morgan fingerprint density at radius 2 is 1.70 bits per heavy atom. The van der Waals surface area contributed by atoms with Crippen LogP contribution in [0.4, 0.5) is 0 Å². The number of nitrogens with two attached hydrogens (primary N) is 3. The number of hydrogen-bond acceptors (Lipinski definition) is 6. The van der Waals surface area contributed by atoms with Crippen molar-refractivity contribution in [3.05, 3.63) is 0 Å². The highest BCUT2D eigenvalue weighted by Gasteiger charge is 2.38. The maximum Gasteiger partial charge on any atom is 0.326 e. The normalized spacial score (nSPS) is 18.5. The third-order valence-corrected chi connectivity index (χ3v) is 5.65. The molecule has 0 saturated carbocycles. The van der Waals surface area contributed by atoms with E-state index < -0.39 is 47.9 Å². The van der Waals surface area contributed by atoms with E-state index in [1.54, 1.807) is 27.7 Å². The molecule has 3 amide bonds. The van der Waals surface area contributed by atoms with Crippen LogP contribution in [0.15, 0.2) is 4.99 Å². The van der Waals surface area contributed by atoms with E-state index in [0.717, 1.165) is 0 Å². The molecule has 4 atom stereocenters. The molecular weight excluding hydrogens is 430 g/mol. The number of hydrogen-bond donors (Lipinski definition) is 6. The lowest BCUT2D eigenvalue weighted by atomic mass is 9.99. The van der Waals surface area contributed by atoms with Gasteiger partial charge in [-0.05, 0) is 37.5 Å². The summed E-state index contributed by atoms with van der Waals surface area (Å²) in [6.45, 7) is 7.68. The smallest absolute Gasteiger partial charge is 0.326 e. The van der Waals surface area contributed by atoms with Crippen molar-refractivity contribution in [2.45, 2.75) is 77.5 Å². The molecule has 1 heterocycles. The van der Waals surface area contributed by atoms with Crippen molar-refractivity contribution in [2.75, 3.05) is 13.1 Å². The predicted molar refractivity (Wildman–Crippen MR) is 124 cm³/mol. The zero-order chi connectivity index (χ0) is 25.3. The molecule has 12 nitrogen and oxygen atoms in total. The number of nitrogens with zero attached hydrogens (tertiary/aromatic N) is 2. The van der Waals surface area contributed by atoms with Crippen LogP contribution < -0.4 is 27.8 Å². The van der Waals surface area contributed by atoms with Gasteiger partial charge in [-0.25, -0.2) is 4.79 Å². The van der Waals surface area contributed by atoms with E-state index in [0.29, 0.717) is 25.8 Å². The molecule has 0 aromatic heterocycles. The molecule has 0 aromatic rings. The van der Waals surface area contributed by atoms with Gasteiger partial charge >= 0.3 is 5.97 Å². The van der Waals surface area contributed by atoms with Crippen LogP contribution in [0.5, 0.6) is 0 Å². The van der Waals surface area contributed by atoms with Gasteiger partial charge in [0.1, 0.15) is 18.1 Å². The van der Waals surface area contributed by atoms with Gasteiger partial charge in [-0.1, -0.05) is 27.7 Å². The summed E-state index contributed by atoms with van der Waals surface area (Å²) >= 11 is 0. The molecule has 1 saturated heterocycles. The molecular formula is C21H39N7O5. The van der Waals surface area contributed by atoms with Crippen molar-refractivity contribution < 1.29 is 24.3 Å². The number of carboxylic acids is 1. The Labute approximate surface area is 194 Å². The molecule has 4 unspecified atom stereocenters. The number of carboxylic acid groups (broad SMARTS) is 1. The third-order valence-electron chi connectivity index (χ3n) is 5.65. The molecule has 188 valence electrons. The Morgan fingerprint density at radius 1 is 1.06 bits per heavy atom. The van der Waals surface area contributed by atoms with Crippen molar-refractivity contribution in [2.24, 2.45) is 34.0 Å². The zero-order valence-corrected chi connectivity index (χ0v) is 19.9. The van der Waals surface area contributed by atoms with E-state index >= 15 is 0 Å². The van der Waals surface area contributed by atoms with Gasteiger partial charge in [0.05, 0.1) is 6.04 Å². The van der Waals surface area contributed by atoms with Crippen LogP contribution in [-0.2, 0) is 19.2 Å². The fraction of sp³-hybridized carbons (Fsp3) is 0.762. The highest BCUT2D eigenvalue weighted by atomic mass is 16.4. The molecule has 0 aliphatic carbocycles. The Bertz CT molecular complexity index is 737. The van der Waals surface area contributed by atoms with Crippen LogP contribution in [0, 0.1) is 11.8 Å². The summed E-state index contributed by atoms with van der Waals surface area (Å²) < 4.78 is 0. The van der Waals surface area contributed by atoms with Crippen LogP contribution in [0.25, 0.3) is 0 Å². The molecule has 12 heteroatoms. The summed E-state index contributed by atoms with van der Waals surface area (Å²) in [4.78, 5) is 55.4. The lowest BCUT2D eigenvalue weighted by Gasteiger charge is -2.30. The second-order valence-electron chi connectivity index (χ2n) is 9.04. The van der Waals surface area contributed by atoms with Gasteiger partial charge in [-0.2, -0.15) is 0 Å². The van der Waals surface area contributed by atoms with E-state index in [1.165, 1.54) is 4.90 Å². The number of nitrogens with one attached hydrogen (secondary N) is 2. The lowest BCUT2D eigenvalue weighted by Crippen LogP contribution is -2.58. The quantitative estimate of drug-likeness (QED) is 0.115. The third kappa shape index (κ3) is 8.52. The summed E-state index contributed by atoms with van der Waals surface area (Å²) in [6.07, 6.45) is 1.51. The van der Waals surface area contributed by atoms with Crippen LogP contribution in [0.3, 0.4) is 0 Å². The fourth-order valence-corrected chi connectivity index (χ4v) is 3.60. The van der Waals surface area contributed by atoms with Crippen LogP contribution in [0.1, 0.15) is 53.4 Å². The monoisotopic (exact) mass is 469 g/mol. The summed E-state index contributed by atoms with van der Waals surface area (Å²) in [5.41, 5.74) is 16.6. The number of carbonyl (C=O) groups excluding carboxylic acids is 3. The van der Waals surface area contributed by atoms with Crippen LogP contribution in [-0.4, -0.2) is 76.9 Å². The standard InChI is InChI=1S/C21H39N7O5/c1-11(2)15(22)17(29)27-16(12(3)4)18(30)26-13(7-5-9-25-21(23)24)19(31)28-10-6-8-14(28)20(32)33/h11-16H,5-10,22H2,1-4H3,(H,26,30)(H,27,29)(H,32,33)(H4,23,24,25). The number of rotatable bonds is 12. The molecule has 1 rings (SSSR count). The van der Waals surface area contributed by atoms with Crippen molar-refractivity contribution in [1.29, 1.82) is 0 Å². The van der Waals surface area contributed by atoms with Crippen LogP contribution >= 0.6 is 0 Å². The number of guanidine groups is 1. The first-order chi connectivity index (χ1) is 15.4. The molecule has 1 fully saturated rings. The molecule has 9 N–H and O–H groups in total. The molecule has 1 aliphatic rings. The first kappa shape index (κ1) is 28.1. The summed E-state index contributed by atoms with van der Waals surface area (Å²) in [7, 11) is 0. The average Bonchev–Trinajstić information content (AvgIpc) is 3.22. The minimum absolute atomic E-state index is 0.0866. The second kappa shape index (κ2) is 13.0. The summed E-state index contributed by atoms with van der Waals surface area (Å²) in [5.74, 6) is -3.04. The average molecular weight is 470 g/mol. The molecule has 0 radical (unpaired) electrons. The molecule has 33 heavy (non-hydrogen) atoms. The van der Waals surface area contributed by atoms with Crippen molar-refractivity contribution in [1.82, 2.24) is 15.5 Å². The van der Waals surface area contributed by atoms with E-state index in [4.69, 9.17) is 17.2 Å². The zero-order valence-electron chi connectivity index (χ0n) is 19.9. The van der Waals surface area contributed by atoms with Gasteiger partial charge < -0.3 is 37.8 Å². The maximum absolute atomic E-state index is 13.2. The Kier molecular flexibility index (Phi) is 11.1. The number of aliphatic carboxylic acids is 1. The van der Waals surface area contributed by atoms with Crippen molar-refractivity contribution >= 4 is 29.7 Å². The molecule has 0 spiro atoms. The minimum Gasteiger partial charge on any atom is -0.480 e. The summed E-state index contributed by atoms with van der Waals surface area (Å²) in [5, 5.41) is 14.8. The minimum atomic E-state index is -1.08. The maximum atomic E-state index is 13.2. The van der Waals surface area contributed by atoms with Crippen molar-refractivity contribution in [3.63, 3.8) is 0 Å². The first-order valence-electron chi connectivity index (χ1n) is 11.3. The van der Waals surface area contributed by atoms with Gasteiger partial charge in [0, 0.05) is 13.1 Å². The van der Waals surface area contributed by atoms with Gasteiger partial charge in [-0.3, -0.25) is 19.4 Å². The number of likely N-dealkylation sites (tertiary alicyclic amines) is 1. The van der Waals surface area contributed by atoms with Crippen LogP contribution in [0.2, 0.25) is 0 Å². The van der Waals surface area contributed by atoms with E-state index in [1.807, 2.05) is 0 Å². The topological polar surface area (TPSA) is 206 Å². The van der Waals surface area contributed by atoms with E-state index in [2.05, 4.69) is 15.6 Å². The largest absolute Gasteiger partial charge is 0.480 e. The highest BCUT2D eigenvalue weighted by molar-refractivity contribution is 5.94. The molecule has 0 bridgehead atoms. The fourth-order valence-electron chi connectivity index (χ4n) is 3.60. The van der Waals surface area contributed by atoms with Crippen molar-refractivity contribution in [3.8, 4) is 0 Å². The number of aliphatic imine (C=N–C) groups is 1. The SMILES string of the molecule is CC(C)C(N)C(=O)NC(C(=O)NC(CCCN=C(N)N)C(=O)N1CCCC1C(=O)O)C(C)C. The lowest BCUT2D eigenvalue weighted by molar-refractivity contribution is -0.149.